The summed E-state index contributed by atoms with van der Waals surface area (Å²) in [6.45, 7) is 0.447. The molecule has 1 heterocycles. The second kappa shape index (κ2) is 7.06. The number of carbonyl (C=O) groups excluding carboxylic acids is 2. The highest BCUT2D eigenvalue weighted by atomic mass is 35.5. The van der Waals surface area contributed by atoms with Crippen molar-refractivity contribution in [3.8, 4) is 5.75 Å². The van der Waals surface area contributed by atoms with Crippen LogP contribution in [0.5, 0.6) is 5.75 Å². The van der Waals surface area contributed by atoms with Crippen molar-refractivity contribution in [1.82, 2.24) is 5.01 Å². The fourth-order valence-electron chi connectivity index (χ4n) is 5.58. The van der Waals surface area contributed by atoms with Crippen molar-refractivity contribution in [2.45, 2.75) is 13.0 Å². The molecule has 2 saturated carbocycles. The number of carbonyl (C=O) groups is 2. The highest BCUT2D eigenvalue weighted by molar-refractivity contribution is 6.30. The third-order valence-electron chi connectivity index (χ3n) is 7.16. The molecule has 31 heavy (non-hydrogen) atoms. The number of benzene rings is 2. The van der Waals surface area contributed by atoms with E-state index in [1.807, 2.05) is 48.5 Å². The van der Waals surface area contributed by atoms with E-state index in [1.165, 1.54) is 0 Å². The van der Waals surface area contributed by atoms with Gasteiger partial charge in [0.15, 0.2) is 0 Å². The van der Waals surface area contributed by atoms with E-state index in [2.05, 4.69) is 17.3 Å². The van der Waals surface area contributed by atoms with Crippen LogP contribution in [-0.4, -0.2) is 23.0 Å². The molecule has 0 radical (unpaired) electrons. The quantitative estimate of drug-likeness (QED) is 0.402. The van der Waals surface area contributed by atoms with Gasteiger partial charge in [-0.3, -0.25) is 9.59 Å². The number of hydrogen-bond donors (Lipinski definition) is 0. The molecule has 1 saturated heterocycles. The van der Waals surface area contributed by atoms with Gasteiger partial charge in [-0.1, -0.05) is 35.9 Å². The molecule has 156 valence electrons. The first kappa shape index (κ1) is 18.8. The van der Waals surface area contributed by atoms with Gasteiger partial charge in [-0.15, -0.1) is 0 Å². The standard InChI is InChI=1S/C25H21ClN2O3/c26-16-5-1-15(2-6-16)13-31-17-7-3-14(4-8-17)12-27-28-24(29)22-18-9-10-19(21-11-20(18)21)23(22)25(28)30/h1-10,12,18-23H,11,13H2/b27-12-/t18-,19-,20-,21-,22-,23+/m0/s1. The molecule has 5 aliphatic rings. The van der Waals surface area contributed by atoms with Gasteiger partial charge in [0.05, 0.1) is 18.1 Å². The van der Waals surface area contributed by atoms with Crippen molar-refractivity contribution in [2.24, 2.45) is 40.6 Å². The number of rotatable bonds is 5. The molecule has 2 bridgehead atoms. The van der Waals surface area contributed by atoms with Crippen LogP contribution in [0.2, 0.25) is 5.02 Å². The number of allylic oxidation sites excluding steroid dienone is 2. The molecule has 0 unspecified atom stereocenters. The zero-order valence-electron chi connectivity index (χ0n) is 16.7. The van der Waals surface area contributed by atoms with Crippen molar-refractivity contribution in [2.75, 3.05) is 0 Å². The normalized spacial score (nSPS) is 32.5. The first-order valence-electron chi connectivity index (χ1n) is 10.7. The summed E-state index contributed by atoms with van der Waals surface area (Å²) in [5, 5.41) is 6.08. The van der Waals surface area contributed by atoms with Crippen LogP contribution in [0.25, 0.3) is 0 Å². The molecule has 2 aromatic rings. The van der Waals surface area contributed by atoms with Crippen LogP contribution in [0.15, 0.2) is 65.8 Å². The summed E-state index contributed by atoms with van der Waals surface area (Å²) in [6.07, 6.45) is 7.07. The van der Waals surface area contributed by atoms with E-state index in [9.17, 15) is 9.59 Å². The van der Waals surface area contributed by atoms with E-state index in [1.54, 1.807) is 6.21 Å². The van der Waals surface area contributed by atoms with Gasteiger partial charge in [-0.2, -0.15) is 10.1 Å². The van der Waals surface area contributed by atoms with Crippen LogP contribution in [0.3, 0.4) is 0 Å². The SMILES string of the molecule is O=C1[C@@H]2[C@H]3C=C[C@@H]([C@@H]4C[C@@H]34)[C@@H]2C(=O)N1/N=C\c1ccc(OCc2ccc(Cl)cc2)cc1. The molecule has 1 aliphatic heterocycles. The molecule has 2 aromatic carbocycles. The van der Waals surface area contributed by atoms with Gasteiger partial charge in [0.2, 0.25) is 0 Å². The van der Waals surface area contributed by atoms with E-state index in [-0.39, 0.29) is 35.5 Å². The lowest BCUT2D eigenvalue weighted by Gasteiger charge is -2.37. The third kappa shape index (κ3) is 3.10. The average molecular weight is 433 g/mol. The van der Waals surface area contributed by atoms with Gasteiger partial charge >= 0.3 is 0 Å². The van der Waals surface area contributed by atoms with Crippen LogP contribution < -0.4 is 4.74 Å². The number of ether oxygens (including phenoxy) is 1. The second-order valence-corrected chi connectivity index (χ2v) is 9.31. The number of amides is 2. The maximum Gasteiger partial charge on any atom is 0.254 e. The zero-order chi connectivity index (χ0) is 21.1. The highest BCUT2D eigenvalue weighted by Gasteiger charge is 2.67. The molecule has 0 N–H and O–H groups in total. The van der Waals surface area contributed by atoms with Crippen LogP contribution in [0.4, 0.5) is 0 Å². The first-order chi connectivity index (χ1) is 15.1. The molecular formula is C25H21ClN2O3. The largest absolute Gasteiger partial charge is 0.489 e. The van der Waals surface area contributed by atoms with Crippen molar-refractivity contribution in [3.63, 3.8) is 0 Å². The van der Waals surface area contributed by atoms with Gasteiger partial charge in [0.1, 0.15) is 12.4 Å². The average Bonchev–Trinajstić information content (AvgIpc) is 3.57. The molecule has 0 aromatic heterocycles. The molecule has 6 atom stereocenters. The van der Waals surface area contributed by atoms with Crippen molar-refractivity contribution in [1.29, 1.82) is 0 Å². The molecule has 5 nitrogen and oxygen atoms in total. The Kier molecular flexibility index (Phi) is 4.29. The number of halogens is 1. The summed E-state index contributed by atoms with van der Waals surface area (Å²) in [5.41, 5.74) is 1.84. The van der Waals surface area contributed by atoms with Crippen LogP contribution in [-0.2, 0) is 16.2 Å². The third-order valence-corrected chi connectivity index (χ3v) is 7.41. The van der Waals surface area contributed by atoms with Crippen LogP contribution in [0.1, 0.15) is 17.5 Å². The van der Waals surface area contributed by atoms with E-state index < -0.39 is 0 Å². The topological polar surface area (TPSA) is 59.0 Å². The lowest BCUT2D eigenvalue weighted by molar-refractivity contribution is -0.140. The molecule has 0 spiro atoms. The minimum Gasteiger partial charge on any atom is -0.489 e. The van der Waals surface area contributed by atoms with Gasteiger partial charge in [-0.05, 0) is 77.6 Å². The Labute approximate surface area is 185 Å². The van der Waals surface area contributed by atoms with E-state index >= 15 is 0 Å². The van der Waals surface area contributed by atoms with Crippen molar-refractivity contribution < 1.29 is 14.3 Å². The highest BCUT2D eigenvalue weighted by Crippen LogP contribution is 2.65. The van der Waals surface area contributed by atoms with E-state index in [4.69, 9.17) is 16.3 Å². The predicted octanol–water partition coefficient (Wildman–Crippen LogP) is 4.31. The Bertz CT molecular complexity index is 1070. The Morgan fingerprint density at radius 1 is 0.935 bits per heavy atom. The molecular weight excluding hydrogens is 412 g/mol. The van der Waals surface area contributed by atoms with Gasteiger partial charge in [0, 0.05) is 5.02 Å². The van der Waals surface area contributed by atoms with Crippen LogP contribution >= 0.6 is 11.6 Å². The monoisotopic (exact) mass is 432 g/mol. The fourth-order valence-corrected chi connectivity index (χ4v) is 5.70. The summed E-state index contributed by atoms with van der Waals surface area (Å²) >= 11 is 5.90. The van der Waals surface area contributed by atoms with Gasteiger partial charge in [0.25, 0.3) is 11.8 Å². The number of nitrogens with zero attached hydrogens (tertiary/aromatic N) is 2. The predicted molar refractivity (Wildman–Crippen MR) is 116 cm³/mol. The summed E-state index contributed by atoms with van der Waals surface area (Å²) < 4.78 is 5.79. The summed E-state index contributed by atoms with van der Waals surface area (Å²) in [5.74, 6) is 1.64. The molecule has 7 rings (SSSR count). The smallest absolute Gasteiger partial charge is 0.254 e. The molecule has 3 fully saturated rings. The summed E-state index contributed by atoms with van der Waals surface area (Å²) in [7, 11) is 0. The van der Waals surface area contributed by atoms with Gasteiger partial charge < -0.3 is 4.74 Å². The Balaban J connectivity index is 1.12. The minimum absolute atomic E-state index is 0.140. The van der Waals surface area contributed by atoms with E-state index in [0.717, 1.165) is 28.3 Å². The fraction of sp³-hybridized carbons (Fsp3) is 0.320. The van der Waals surface area contributed by atoms with E-state index in [0.29, 0.717) is 23.5 Å². The lowest BCUT2D eigenvalue weighted by Crippen LogP contribution is -2.40. The number of hydrazone groups is 1. The first-order valence-corrected chi connectivity index (χ1v) is 11.1. The second-order valence-electron chi connectivity index (χ2n) is 8.87. The Morgan fingerprint density at radius 2 is 1.55 bits per heavy atom. The molecule has 4 aliphatic carbocycles. The molecule has 6 heteroatoms. The Hall–Kier alpha value is -2.92. The van der Waals surface area contributed by atoms with Crippen molar-refractivity contribution >= 4 is 29.6 Å². The maximum atomic E-state index is 12.9. The summed E-state index contributed by atoms with van der Waals surface area (Å²) in [6, 6.07) is 14.9. The zero-order valence-corrected chi connectivity index (χ0v) is 17.5. The Morgan fingerprint density at radius 3 is 2.16 bits per heavy atom. The molecule has 2 amide bonds. The lowest BCUT2D eigenvalue weighted by atomic mass is 9.63. The number of imide groups is 1. The summed E-state index contributed by atoms with van der Waals surface area (Å²) in [4.78, 5) is 25.9. The van der Waals surface area contributed by atoms with Crippen LogP contribution in [0, 0.1) is 35.5 Å². The van der Waals surface area contributed by atoms with Crippen molar-refractivity contribution in [3.05, 3.63) is 76.8 Å². The van der Waals surface area contributed by atoms with Gasteiger partial charge in [-0.25, -0.2) is 0 Å². The maximum absolute atomic E-state index is 12.9. The minimum atomic E-state index is -0.216. The number of hydrogen-bond acceptors (Lipinski definition) is 4.